The molecule has 3 N–H and O–H groups in total. The van der Waals surface area contributed by atoms with E-state index in [1.165, 1.54) is 24.3 Å². The van der Waals surface area contributed by atoms with Crippen LogP contribution in [0.15, 0.2) is 54.6 Å². The summed E-state index contributed by atoms with van der Waals surface area (Å²) < 4.78 is 5.18. The first-order valence-corrected chi connectivity index (χ1v) is 7.45. The molecule has 8 nitrogen and oxygen atoms in total. The van der Waals surface area contributed by atoms with E-state index < -0.39 is 23.0 Å². The molecule has 2 aromatic rings. The van der Waals surface area contributed by atoms with Gasteiger partial charge in [0.25, 0.3) is 5.69 Å². The molecule has 130 valence electrons. The van der Waals surface area contributed by atoms with Crippen molar-refractivity contribution in [2.45, 2.75) is 19.1 Å². The lowest BCUT2D eigenvalue weighted by Gasteiger charge is -2.16. The largest absolute Gasteiger partial charge is 0.459 e. The number of nitrogens with zero attached hydrogens (tertiary/aromatic N) is 1. The third kappa shape index (κ3) is 5.61. The summed E-state index contributed by atoms with van der Waals surface area (Å²) in [6.45, 7) is -0.0669. The van der Waals surface area contributed by atoms with Gasteiger partial charge < -0.3 is 15.8 Å². The van der Waals surface area contributed by atoms with Gasteiger partial charge in [-0.2, -0.15) is 0 Å². The molecule has 0 aromatic heterocycles. The summed E-state index contributed by atoms with van der Waals surface area (Å²) in [7, 11) is 0. The molecule has 0 heterocycles. The zero-order valence-corrected chi connectivity index (χ0v) is 13.3. The quantitative estimate of drug-likeness (QED) is 0.451. The predicted molar refractivity (Wildman–Crippen MR) is 89.5 cm³/mol. The Morgan fingerprint density at radius 2 is 1.72 bits per heavy atom. The number of primary amides is 1. The summed E-state index contributed by atoms with van der Waals surface area (Å²) in [4.78, 5) is 33.5. The molecule has 0 fully saturated rings. The summed E-state index contributed by atoms with van der Waals surface area (Å²) in [5.74, 6) is -0.638. The van der Waals surface area contributed by atoms with E-state index in [1.54, 1.807) is 0 Å². The third-order valence-corrected chi connectivity index (χ3v) is 3.41. The minimum absolute atomic E-state index is 0.0487. The van der Waals surface area contributed by atoms with Gasteiger partial charge in [0.05, 0.1) is 4.92 Å². The molecule has 0 aliphatic heterocycles. The fourth-order valence-corrected chi connectivity index (χ4v) is 2.18. The second-order valence-corrected chi connectivity index (χ2v) is 5.28. The summed E-state index contributed by atoms with van der Waals surface area (Å²) >= 11 is 0. The first-order valence-electron chi connectivity index (χ1n) is 7.45. The van der Waals surface area contributed by atoms with Crippen molar-refractivity contribution >= 4 is 17.7 Å². The smallest absolute Gasteiger partial charge is 0.329 e. The van der Waals surface area contributed by atoms with Crippen LogP contribution >= 0.6 is 0 Å². The number of benzene rings is 2. The molecule has 0 radical (unpaired) electrons. The van der Waals surface area contributed by atoms with Crippen LogP contribution in [-0.4, -0.2) is 23.0 Å². The summed E-state index contributed by atoms with van der Waals surface area (Å²) in [5.41, 5.74) is 6.50. The number of esters is 1. The van der Waals surface area contributed by atoms with Crippen LogP contribution in [0.5, 0.6) is 0 Å². The highest BCUT2D eigenvalue weighted by atomic mass is 16.6. The highest BCUT2D eigenvalue weighted by molar-refractivity contribution is 5.83. The molecule has 0 aliphatic rings. The maximum Gasteiger partial charge on any atom is 0.329 e. The van der Waals surface area contributed by atoms with Gasteiger partial charge in [0.15, 0.2) is 0 Å². The maximum absolute atomic E-state index is 12.2. The van der Waals surface area contributed by atoms with Crippen LogP contribution < -0.4 is 11.1 Å². The maximum atomic E-state index is 12.2. The van der Waals surface area contributed by atoms with Crippen molar-refractivity contribution in [2.24, 2.45) is 5.73 Å². The van der Waals surface area contributed by atoms with E-state index in [0.717, 1.165) is 5.56 Å². The SMILES string of the molecule is NC(=O)N[C@@H](Cc1ccccc1)C(=O)OCc1ccc([N+](=O)[O-])cc1. The van der Waals surface area contributed by atoms with Gasteiger partial charge in [-0.25, -0.2) is 9.59 Å². The molecule has 0 aliphatic carbocycles. The van der Waals surface area contributed by atoms with E-state index in [2.05, 4.69) is 5.32 Å². The number of amides is 2. The molecule has 2 aromatic carbocycles. The van der Waals surface area contributed by atoms with Crippen LogP contribution in [0, 0.1) is 10.1 Å². The zero-order chi connectivity index (χ0) is 18.2. The third-order valence-electron chi connectivity index (χ3n) is 3.41. The molecule has 25 heavy (non-hydrogen) atoms. The fraction of sp³-hybridized carbons (Fsp3) is 0.176. The van der Waals surface area contributed by atoms with Crippen LogP contribution in [0.4, 0.5) is 10.5 Å². The first-order chi connectivity index (χ1) is 12.0. The van der Waals surface area contributed by atoms with Gasteiger partial charge in [0.2, 0.25) is 0 Å². The Morgan fingerprint density at radius 3 is 2.28 bits per heavy atom. The molecule has 0 unspecified atom stereocenters. The molecule has 2 amide bonds. The average Bonchev–Trinajstić information content (AvgIpc) is 2.60. The van der Waals surface area contributed by atoms with Crippen molar-refractivity contribution in [1.82, 2.24) is 5.32 Å². The predicted octanol–water partition coefficient (Wildman–Crippen LogP) is 1.92. The van der Waals surface area contributed by atoms with E-state index in [0.29, 0.717) is 5.56 Å². The average molecular weight is 343 g/mol. The van der Waals surface area contributed by atoms with E-state index in [-0.39, 0.29) is 18.7 Å². The van der Waals surface area contributed by atoms with Gasteiger partial charge >= 0.3 is 12.0 Å². The van der Waals surface area contributed by atoms with E-state index in [4.69, 9.17) is 10.5 Å². The number of rotatable bonds is 7. The number of hydrogen-bond acceptors (Lipinski definition) is 5. The van der Waals surface area contributed by atoms with E-state index >= 15 is 0 Å². The number of nitrogens with one attached hydrogen (secondary N) is 1. The Bertz CT molecular complexity index is 747. The first kappa shape index (κ1) is 17.9. The van der Waals surface area contributed by atoms with Gasteiger partial charge in [-0.3, -0.25) is 10.1 Å². The number of ether oxygens (including phenoxy) is 1. The van der Waals surface area contributed by atoms with Crippen molar-refractivity contribution in [2.75, 3.05) is 0 Å². The topological polar surface area (TPSA) is 125 Å². The molecule has 0 saturated heterocycles. The van der Waals surface area contributed by atoms with Crippen molar-refractivity contribution in [1.29, 1.82) is 0 Å². The molecule has 0 spiro atoms. The lowest BCUT2D eigenvalue weighted by molar-refractivity contribution is -0.384. The van der Waals surface area contributed by atoms with Gasteiger partial charge in [0, 0.05) is 18.6 Å². The van der Waals surface area contributed by atoms with E-state index in [1.807, 2.05) is 30.3 Å². The van der Waals surface area contributed by atoms with E-state index in [9.17, 15) is 19.7 Å². The molecule has 8 heteroatoms. The number of nitro benzene ring substituents is 1. The Labute approximate surface area is 143 Å². The number of hydrogen-bond donors (Lipinski definition) is 2. The Hall–Kier alpha value is -3.42. The van der Waals surface area contributed by atoms with Gasteiger partial charge in [0.1, 0.15) is 12.6 Å². The minimum Gasteiger partial charge on any atom is -0.459 e. The Balaban J connectivity index is 1.98. The molecular formula is C17H17N3O5. The van der Waals surface area contributed by atoms with Gasteiger partial charge in [-0.05, 0) is 23.3 Å². The zero-order valence-electron chi connectivity index (χ0n) is 13.3. The van der Waals surface area contributed by atoms with Crippen LogP contribution in [0.25, 0.3) is 0 Å². The standard InChI is InChI=1S/C17H17N3O5/c18-17(22)19-15(10-12-4-2-1-3-5-12)16(21)25-11-13-6-8-14(9-7-13)20(23)24/h1-9,15H,10-11H2,(H3,18,19,22)/t15-/m0/s1. The Morgan fingerprint density at radius 1 is 1.08 bits per heavy atom. The number of carbonyl (C=O) groups excluding carboxylic acids is 2. The van der Waals surface area contributed by atoms with Crippen LogP contribution in [0.1, 0.15) is 11.1 Å². The number of nitro groups is 1. The number of urea groups is 1. The van der Waals surface area contributed by atoms with Gasteiger partial charge in [-0.1, -0.05) is 30.3 Å². The summed E-state index contributed by atoms with van der Waals surface area (Å²) in [5, 5.41) is 13.0. The normalized spacial score (nSPS) is 11.4. The molecule has 1 atom stereocenters. The second kappa shape index (κ2) is 8.44. The molecule has 0 bridgehead atoms. The summed E-state index contributed by atoms with van der Waals surface area (Å²) in [6, 6.07) is 13.0. The number of carbonyl (C=O) groups is 2. The van der Waals surface area contributed by atoms with Crippen LogP contribution in [-0.2, 0) is 22.6 Å². The highest BCUT2D eigenvalue weighted by Gasteiger charge is 2.22. The second-order valence-electron chi connectivity index (χ2n) is 5.28. The molecular weight excluding hydrogens is 326 g/mol. The number of nitrogens with two attached hydrogens (primary N) is 1. The lowest BCUT2D eigenvalue weighted by atomic mass is 10.1. The number of non-ortho nitro benzene ring substituents is 1. The lowest BCUT2D eigenvalue weighted by Crippen LogP contribution is -2.45. The van der Waals surface area contributed by atoms with Gasteiger partial charge in [-0.15, -0.1) is 0 Å². The monoisotopic (exact) mass is 343 g/mol. The minimum atomic E-state index is -0.919. The van der Waals surface area contributed by atoms with Crippen molar-refractivity contribution < 1.29 is 19.2 Å². The van der Waals surface area contributed by atoms with Crippen LogP contribution in [0.3, 0.4) is 0 Å². The van der Waals surface area contributed by atoms with Crippen LogP contribution in [0.2, 0.25) is 0 Å². The van der Waals surface area contributed by atoms with Crippen molar-refractivity contribution in [3.8, 4) is 0 Å². The van der Waals surface area contributed by atoms with Crippen molar-refractivity contribution in [3.63, 3.8) is 0 Å². The highest BCUT2D eigenvalue weighted by Crippen LogP contribution is 2.13. The summed E-state index contributed by atoms with van der Waals surface area (Å²) in [6.07, 6.45) is 0.239. The molecule has 2 rings (SSSR count). The Kier molecular flexibility index (Phi) is 6.05. The van der Waals surface area contributed by atoms with Crippen molar-refractivity contribution in [3.05, 3.63) is 75.8 Å². The fourth-order valence-electron chi connectivity index (χ4n) is 2.18. The molecule has 0 saturated carbocycles.